The van der Waals surface area contributed by atoms with Crippen molar-refractivity contribution < 1.29 is 34.2 Å². The van der Waals surface area contributed by atoms with E-state index in [2.05, 4.69) is 41.2 Å². The minimum Gasteiger partial charge on any atom is -0.481 e. The lowest BCUT2D eigenvalue weighted by Crippen LogP contribution is -2.57. The van der Waals surface area contributed by atoms with E-state index in [4.69, 9.17) is 15.9 Å². The Morgan fingerprint density at radius 1 is 0.852 bits per heavy atom. The second-order valence-electron chi connectivity index (χ2n) is 5.61. The van der Waals surface area contributed by atoms with E-state index in [1.165, 1.54) is 6.92 Å². The monoisotopic (exact) mass is 424 g/mol. The molecular weight excluding hydrogens is 400 g/mol. The van der Waals surface area contributed by atoms with Gasteiger partial charge in [-0.05, 0) is 13.3 Å². The molecule has 3 amide bonds. The van der Waals surface area contributed by atoms with Crippen LogP contribution in [0, 0.1) is 0 Å². The molecule has 0 aliphatic rings. The second-order valence-corrected chi connectivity index (χ2v) is 6.34. The molecule has 0 rings (SSSR count). The normalized spacial score (nSPS) is 15.0. The molecular formula is C14H24N4O7S2. The maximum atomic E-state index is 12.3. The summed E-state index contributed by atoms with van der Waals surface area (Å²) in [6.45, 7) is 1.41. The average Bonchev–Trinajstić information content (AvgIpc) is 2.59. The maximum absolute atomic E-state index is 12.3. The molecule has 0 spiro atoms. The zero-order chi connectivity index (χ0) is 21.1. The molecule has 0 saturated carbocycles. The summed E-state index contributed by atoms with van der Waals surface area (Å²) in [5, 5.41) is 24.6. The third-order valence-electron chi connectivity index (χ3n) is 3.31. The van der Waals surface area contributed by atoms with Crippen molar-refractivity contribution >= 4 is 54.9 Å². The van der Waals surface area contributed by atoms with Crippen LogP contribution < -0.4 is 21.7 Å². The first-order chi connectivity index (χ1) is 12.5. The summed E-state index contributed by atoms with van der Waals surface area (Å²) < 4.78 is 0. The summed E-state index contributed by atoms with van der Waals surface area (Å²) in [6, 6.07) is -4.64. The lowest BCUT2D eigenvalue weighted by Gasteiger charge is -2.23. The predicted molar refractivity (Wildman–Crippen MR) is 102 cm³/mol. The van der Waals surface area contributed by atoms with Crippen LogP contribution in [-0.4, -0.2) is 75.5 Å². The molecule has 0 bridgehead atoms. The Labute approximate surface area is 166 Å². The first kappa shape index (κ1) is 25.0. The van der Waals surface area contributed by atoms with Crippen molar-refractivity contribution in [2.45, 2.75) is 43.9 Å². The predicted octanol–water partition coefficient (Wildman–Crippen LogP) is -2.40. The highest BCUT2D eigenvalue weighted by Gasteiger charge is 2.29. The highest BCUT2D eigenvalue weighted by molar-refractivity contribution is 7.80. The van der Waals surface area contributed by atoms with Crippen molar-refractivity contribution in [1.82, 2.24) is 16.0 Å². The number of hydrogen-bond donors (Lipinski definition) is 8. The quantitative estimate of drug-likeness (QED) is 0.159. The van der Waals surface area contributed by atoms with Crippen molar-refractivity contribution in [2.24, 2.45) is 5.73 Å². The van der Waals surface area contributed by atoms with E-state index in [0.717, 1.165) is 0 Å². The van der Waals surface area contributed by atoms with Gasteiger partial charge in [-0.2, -0.15) is 25.3 Å². The number of hydrogen-bond acceptors (Lipinski definition) is 8. The van der Waals surface area contributed by atoms with Gasteiger partial charge in [0.1, 0.15) is 18.1 Å². The molecule has 0 aliphatic heterocycles. The molecule has 0 fully saturated rings. The lowest BCUT2D eigenvalue weighted by molar-refractivity contribution is -0.142. The topological polar surface area (TPSA) is 188 Å². The number of carbonyl (C=O) groups excluding carboxylic acids is 3. The molecule has 0 aromatic carbocycles. The van der Waals surface area contributed by atoms with E-state index in [9.17, 15) is 24.0 Å². The van der Waals surface area contributed by atoms with E-state index in [0.29, 0.717) is 0 Å². The van der Waals surface area contributed by atoms with E-state index in [1.54, 1.807) is 0 Å². The van der Waals surface area contributed by atoms with Crippen LogP contribution in [0.5, 0.6) is 0 Å². The summed E-state index contributed by atoms with van der Waals surface area (Å²) in [4.78, 5) is 58.0. The van der Waals surface area contributed by atoms with Crippen LogP contribution >= 0.6 is 25.3 Å². The lowest BCUT2D eigenvalue weighted by atomic mass is 10.1. The Balaban J connectivity index is 5.18. The molecule has 0 saturated heterocycles. The molecule has 154 valence electrons. The van der Waals surface area contributed by atoms with Crippen molar-refractivity contribution in [3.63, 3.8) is 0 Å². The average molecular weight is 425 g/mol. The molecule has 0 aliphatic carbocycles. The number of thiol groups is 2. The van der Waals surface area contributed by atoms with Gasteiger partial charge in [0.05, 0.1) is 6.04 Å². The van der Waals surface area contributed by atoms with Crippen LogP contribution in [0.1, 0.15) is 19.8 Å². The van der Waals surface area contributed by atoms with Gasteiger partial charge >= 0.3 is 11.9 Å². The highest BCUT2D eigenvalue weighted by Crippen LogP contribution is 2.02. The van der Waals surface area contributed by atoms with Gasteiger partial charge < -0.3 is 31.9 Å². The van der Waals surface area contributed by atoms with Crippen molar-refractivity contribution in [3.8, 4) is 0 Å². The van der Waals surface area contributed by atoms with Crippen molar-refractivity contribution in [1.29, 1.82) is 0 Å². The second kappa shape index (κ2) is 12.4. The maximum Gasteiger partial charge on any atom is 0.327 e. The molecule has 0 aromatic heterocycles. The first-order valence-corrected chi connectivity index (χ1v) is 9.12. The standard InChI is InChI=1S/C14H24N4O7S2/c1-6(15)11(21)17-8(4-26)13(23)16-7(2-3-10(19)20)12(22)18-9(5-27)14(24)25/h6-9,26-27H,2-5,15H2,1H3,(H,16,23)(H,17,21)(H,18,22)(H,19,20)(H,24,25). The highest BCUT2D eigenvalue weighted by atomic mass is 32.1. The Kier molecular flexibility index (Phi) is 11.5. The number of carbonyl (C=O) groups is 5. The van der Waals surface area contributed by atoms with Gasteiger partial charge in [-0.1, -0.05) is 0 Å². The smallest absolute Gasteiger partial charge is 0.327 e. The van der Waals surface area contributed by atoms with Crippen LogP contribution in [-0.2, 0) is 24.0 Å². The van der Waals surface area contributed by atoms with Gasteiger partial charge in [0.15, 0.2) is 0 Å². The Morgan fingerprint density at radius 3 is 1.70 bits per heavy atom. The fraction of sp³-hybridized carbons (Fsp3) is 0.643. The minimum absolute atomic E-state index is 0.105. The van der Waals surface area contributed by atoms with Gasteiger partial charge in [0.25, 0.3) is 0 Å². The Hall–Kier alpha value is -1.99. The number of aliphatic carboxylic acids is 2. The molecule has 13 heteroatoms. The van der Waals surface area contributed by atoms with Crippen LogP contribution in [0.2, 0.25) is 0 Å². The molecule has 0 heterocycles. The summed E-state index contributed by atoms with van der Waals surface area (Å²) in [7, 11) is 0. The zero-order valence-corrected chi connectivity index (χ0v) is 16.3. The van der Waals surface area contributed by atoms with E-state index >= 15 is 0 Å². The summed E-state index contributed by atoms with van der Waals surface area (Å²) >= 11 is 7.77. The molecule has 11 nitrogen and oxygen atoms in total. The van der Waals surface area contributed by atoms with Crippen LogP contribution in [0.15, 0.2) is 0 Å². The van der Waals surface area contributed by atoms with E-state index in [1.807, 2.05) is 0 Å². The minimum atomic E-state index is -1.33. The van der Waals surface area contributed by atoms with Gasteiger partial charge in [0.2, 0.25) is 17.7 Å². The molecule has 0 aromatic rings. The summed E-state index contributed by atoms with van der Waals surface area (Å²) in [5.74, 6) is -5.14. The number of carboxylic acids is 2. The van der Waals surface area contributed by atoms with Crippen LogP contribution in [0.25, 0.3) is 0 Å². The summed E-state index contributed by atoms with van der Waals surface area (Å²) in [6.07, 6.45) is -0.735. The van der Waals surface area contributed by atoms with Crippen molar-refractivity contribution in [3.05, 3.63) is 0 Å². The van der Waals surface area contributed by atoms with Gasteiger partial charge in [-0.15, -0.1) is 0 Å². The first-order valence-electron chi connectivity index (χ1n) is 7.86. The Bertz CT molecular complexity index is 574. The van der Waals surface area contributed by atoms with Gasteiger partial charge in [0, 0.05) is 17.9 Å². The number of carboxylic acid groups (broad SMARTS) is 2. The molecule has 7 N–H and O–H groups in total. The van der Waals surface area contributed by atoms with Crippen LogP contribution in [0.4, 0.5) is 0 Å². The van der Waals surface area contributed by atoms with Gasteiger partial charge in [-0.25, -0.2) is 4.79 Å². The SMILES string of the molecule is CC(N)C(=O)NC(CS)C(=O)NC(CCC(=O)O)C(=O)NC(CS)C(=O)O. The number of nitrogens with two attached hydrogens (primary N) is 1. The largest absolute Gasteiger partial charge is 0.481 e. The third kappa shape index (κ3) is 9.49. The zero-order valence-electron chi connectivity index (χ0n) is 14.5. The van der Waals surface area contributed by atoms with Crippen LogP contribution in [0.3, 0.4) is 0 Å². The third-order valence-corrected chi connectivity index (χ3v) is 4.04. The fourth-order valence-corrected chi connectivity index (χ4v) is 2.27. The molecule has 0 radical (unpaired) electrons. The van der Waals surface area contributed by atoms with Crippen molar-refractivity contribution in [2.75, 3.05) is 11.5 Å². The number of nitrogens with one attached hydrogen (secondary N) is 3. The number of amides is 3. The van der Waals surface area contributed by atoms with E-state index in [-0.39, 0.29) is 17.9 Å². The summed E-state index contributed by atoms with van der Waals surface area (Å²) in [5.41, 5.74) is 5.41. The Morgan fingerprint density at radius 2 is 1.30 bits per heavy atom. The van der Waals surface area contributed by atoms with E-state index < -0.39 is 60.2 Å². The number of rotatable bonds is 12. The molecule has 4 atom stereocenters. The van der Waals surface area contributed by atoms with Gasteiger partial charge in [-0.3, -0.25) is 19.2 Å². The fourth-order valence-electron chi connectivity index (χ4n) is 1.76. The molecule has 27 heavy (non-hydrogen) atoms. The molecule has 4 unspecified atom stereocenters.